The van der Waals surface area contributed by atoms with Crippen LogP contribution in [0.25, 0.3) is 0 Å². The number of rotatable bonds is 12. The lowest BCUT2D eigenvalue weighted by Gasteiger charge is -2.35. The van der Waals surface area contributed by atoms with Crippen LogP contribution in [0.4, 0.5) is 0 Å². The van der Waals surface area contributed by atoms with Crippen molar-refractivity contribution in [3.63, 3.8) is 0 Å². The Morgan fingerprint density at radius 3 is 1.90 bits per heavy atom. The number of hydrogen-bond acceptors (Lipinski definition) is 1. The highest BCUT2D eigenvalue weighted by molar-refractivity contribution is 6.78. The molecule has 0 saturated carbocycles. The molecule has 1 fully saturated rings. The molecule has 126 valence electrons. The van der Waals surface area contributed by atoms with Gasteiger partial charge in [0.05, 0.1) is 8.07 Å². The van der Waals surface area contributed by atoms with Crippen LogP contribution in [-0.4, -0.2) is 20.4 Å². The van der Waals surface area contributed by atoms with Gasteiger partial charge in [-0.15, -0.1) is 0 Å². The van der Waals surface area contributed by atoms with Gasteiger partial charge in [-0.05, 0) is 19.3 Å². The van der Waals surface area contributed by atoms with E-state index in [1.54, 1.807) is 0 Å². The molecule has 0 aromatic carbocycles. The summed E-state index contributed by atoms with van der Waals surface area (Å²) in [6.45, 7) is 8.43. The molecule has 1 heterocycles. The van der Waals surface area contributed by atoms with Gasteiger partial charge in [-0.2, -0.15) is 0 Å². The van der Waals surface area contributed by atoms with Gasteiger partial charge in [-0.25, -0.2) is 0 Å². The second kappa shape index (κ2) is 11.7. The third-order valence-electron chi connectivity index (χ3n) is 5.23. The Morgan fingerprint density at radius 2 is 1.38 bits per heavy atom. The van der Waals surface area contributed by atoms with Crippen molar-refractivity contribution in [3.05, 3.63) is 0 Å². The molecule has 0 aromatic heterocycles. The zero-order valence-corrected chi connectivity index (χ0v) is 16.1. The van der Waals surface area contributed by atoms with E-state index in [1.807, 2.05) is 0 Å². The molecule has 21 heavy (non-hydrogen) atoms. The van der Waals surface area contributed by atoms with Crippen molar-refractivity contribution in [1.82, 2.24) is 0 Å². The van der Waals surface area contributed by atoms with Crippen molar-refractivity contribution in [2.45, 2.75) is 115 Å². The Morgan fingerprint density at radius 1 is 0.810 bits per heavy atom. The van der Waals surface area contributed by atoms with E-state index in [2.05, 4.69) is 20.0 Å². The summed E-state index contributed by atoms with van der Waals surface area (Å²) in [6, 6.07) is 1.48. The summed E-state index contributed by atoms with van der Waals surface area (Å²) in [6.07, 6.45) is 18.5. The van der Waals surface area contributed by atoms with Crippen molar-refractivity contribution < 1.29 is 4.74 Å². The average Bonchev–Trinajstić information content (AvgIpc) is 2.50. The smallest absolute Gasteiger partial charge is 0.0815 e. The number of unbranched alkanes of at least 4 members (excludes halogenated alkanes) is 9. The molecule has 1 aliphatic rings. The Labute approximate surface area is 135 Å². The summed E-state index contributed by atoms with van der Waals surface area (Å²) in [7, 11) is -1.12. The Kier molecular flexibility index (Phi) is 10.7. The summed E-state index contributed by atoms with van der Waals surface area (Å²) in [4.78, 5) is 0. The van der Waals surface area contributed by atoms with Gasteiger partial charge in [0, 0.05) is 12.3 Å². The molecule has 1 saturated heterocycles. The van der Waals surface area contributed by atoms with E-state index in [1.165, 1.54) is 89.5 Å². The van der Waals surface area contributed by atoms with Gasteiger partial charge in [-0.1, -0.05) is 90.3 Å². The van der Waals surface area contributed by atoms with E-state index >= 15 is 0 Å². The maximum absolute atomic E-state index is 6.05. The monoisotopic (exact) mass is 312 g/mol. The van der Waals surface area contributed by atoms with Crippen LogP contribution in [0.1, 0.15) is 90.4 Å². The van der Waals surface area contributed by atoms with Crippen molar-refractivity contribution in [1.29, 1.82) is 0 Å². The third-order valence-corrected chi connectivity index (χ3v) is 9.07. The molecule has 0 radical (unpaired) electrons. The lowest BCUT2D eigenvalue weighted by Crippen LogP contribution is -2.45. The molecule has 1 unspecified atom stereocenters. The first-order valence-corrected chi connectivity index (χ1v) is 13.1. The van der Waals surface area contributed by atoms with E-state index in [0.29, 0.717) is 5.73 Å². The topological polar surface area (TPSA) is 9.23 Å². The molecule has 2 heteroatoms. The minimum atomic E-state index is -1.12. The molecule has 1 rings (SSSR count). The van der Waals surface area contributed by atoms with Crippen LogP contribution in [0.2, 0.25) is 19.1 Å². The molecular formula is C19H40OSi. The maximum atomic E-state index is 6.05. The molecule has 0 bridgehead atoms. The van der Waals surface area contributed by atoms with Gasteiger partial charge in [0.25, 0.3) is 0 Å². The second-order valence-corrected chi connectivity index (χ2v) is 12.9. The highest BCUT2D eigenvalue weighted by Crippen LogP contribution is 2.27. The van der Waals surface area contributed by atoms with Crippen LogP contribution in [-0.2, 0) is 4.74 Å². The van der Waals surface area contributed by atoms with Crippen molar-refractivity contribution in [3.8, 4) is 0 Å². The fourth-order valence-electron chi connectivity index (χ4n) is 3.59. The molecule has 1 aliphatic heterocycles. The molecular weight excluding hydrogens is 272 g/mol. The zero-order chi connectivity index (χ0) is 15.4. The molecule has 0 amide bonds. The molecule has 1 atom stereocenters. The number of ether oxygens (including phenoxy) is 1. The quantitative estimate of drug-likeness (QED) is 0.287. The molecule has 0 aromatic rings. The molecule has 0 spiro atoms. The van der Waals surface area contributed by atoms with Gasteiger partial charge in [0.1, 0.15) is 0 Å². The summed E-state index contributed by atoms with van der Waals surface area (Å²) in [5.74, 6) is 0. The summed E-state index contributed by atoms with van der Waals surface area (Å²) >= 11 is 0. The predicted octanol–water partition coefficient (Wildman–Crippen LogP) is 6.72. The van der Waals surface area contributed by atoms with E-state index in [-0.39, 0.29) is 0 Å². The Bertz CT molecular complexity index is 234. The molecule has 0 aliphatic carbocycles. The minimum absolute atomic E-state index is 0.657. The summed E-state index contributed by atoms with van der Waals surface area (Å²) in [5.41, 5.74) is 0.657. The van der Waals surface area contributed by atoms with Crippen LogP contribution in [0, 0.1) is 0 Å². The lowest BCUT2D eigenvalue weighted by molar-refractivity contribution is 0.0597. The zero-order valence-electron chi connectivity index (χ0n) is 15.1. The first kappa shape index (κ1) is 19.2. The fraction of sp³-hybridized carbons (Fsp3) is 1.00. The van der Waals surface area contributed by atoms with Crippen molar-refractivity contribution in [2.75, 3.05) is 6.61 Å². The first-order chi connectivity index (χ1) is 10.2. The van der Waals surface area contributed by atoms with Crippen LogP contribution in [0.3, 0.4) is 0 Å². The number of hydrogen-bond donors (Lipinski definition) is 0. The highest BCUT2D eigenvalue weighted by Gasteiger charge is 2.33. The van der Waals surface area contributed by atoms with Gasteiger partial charge in [0.2, 0.25) is 0 Å². The van der Waals surface area contributed by atoms with E-state index in [0.717, 1.165) is 6.61 Å². The Hall–Kier alpha value is 0.177. The average molecular weight is 313 g/mol. The normalized spacial score (nSPS) is 19.9. The highest BCUT2D eigenvalue weighted by atomic mass is 28.3. The van der Waals surface area contributed by atoms with Crippen LogP contribution >= 0.6 is 0 Å². The molecule has 1 nitrogen and oxygen atoms in total. The van der Waals surface area contributed by atoms with E-state index in [9.17, 15) is 0 Å². The van der Waals surface area contributed by atoms with E-state index in [4.69, 9.17) is 4.74 Å². The predicted molar refractivity (Wildman–Crippen MR) is 97.7 cm³/mol. The van der Waals surface area contributed by atoms with Gasteiger partial charge in [-0.3, -0.25) is 0 Å². The largest absolute Gasteiger partial charge is 0.382 e. The van der Waals surface area contributed by atoms with Crippen LogP contribution in [0.15, 0.2) is 0 Å². The van der Waals surface area contributed by atoms with Gasteiger partial charge < -0.3 is 4.74 Å². The summed E-state index contributed by atoms with van der Waals surface area (Å²) < 4.78 is 6.05. The van der Waals surface area contributed by atoms with Gasteiger partial charge in [0.15, 0.2) is 0 Å². The SMILES string of the molecule is CCCCCCCCCCCC[Si](C)(C)C1CCCCO1. The lowest BCUT2D eigenvalue weighted by atomic mass is 10.1. The maximum Gasteiger partial charge on any atom is 0.0815 e. The standard InChI is InChI=1S/C19H40OSi/c1-4-5-6-7-8-9-10-11-12-15-18-21(2,3)19-16-13-14-17-20-19/h19H,4-18H2,1-3H3. The van der Waals surface area contributed by atoms with Crippen LogP contribution in [0.5, 0.6) is 0 Å². The summed E-state index contributed by atoms with van der Waals surface area (Å²) in [5, 5.41) is 0. The van der Waals surface area contributed by atoms with Crippen molar-refractivity contribution >= 4 is 8.07 Å². The molecule has 0 N–H and O–H groups in total. The first-order valence-electron chi connectivity index (χ1n) is 9.78. The minimum Gasteiger partial charge on any atom is -0.382 e. The van der Waals surface area contributed by atoms with Crippen molar-refractivity contribution in [2.24, 2.45) is 0 Å². The second-order valence-electron chi connectivity index (χ2n) is 7.78. The fourth-order valence-corrected chi connectivity index (χ4v) is 6.62. The third kappa shape index (κ3) is 9.03. The van der Waals surface area contributed by atoms with E-state index < -0.39 is 8.07 Å². The van der Waals surface area contributed by atoms with Gasteiger partial charge >= 0.3 is 0 Å². The Balaban J connectivity index is 1.93. The van der Waals surface area contributed by atoms with Crippen LogP contribution < -0.4 is 0 Å².